The normalized spacial score (nSPS) is 16.4. The third-order valence-corrected chi connectivity index (χ3v) is 9.82. The van der Waals surface area contributed by atoms with Crippen LogP contribution in [0, 0.1) is 0 Å². The number of rotatable bonds is 8. The lowest BCUT2D eigenvalue weighted by molar-refractivity contribution is -0.136. The second kappa shape index (κ2) is 12.2. The van der Waals surface area contributed by atoms with E-state index in [2.05, 4.69) is 53.6 Å². The highest BCUT2D eigenvalue weighted by molar-refractivity contribution is 5.84. The summed E-state index contributed by atoms with van der Waals surface area (Å²) in [6.07, 6.45) is 7.46. The van der Waals surface area contributed by atoms with Gasteiger partial charge in [0.05, 0.1) is 12.1 Å². The summed E-state index contributed by atoms with van der Waals surface area (Å²) >= 11 is 0. The monoisotopic (exact) mass is 616 g/mol. The highest BCUT2D eigenvalue weighted by Gasteiger charge is 2.36. The van der Waals surface area contributed by atoms with E-state index in [1.807, 2.05) is 42.3 Å². The molecule has 0 radical (unpaired) electrons. The molecule has 1 aliphatic carbocycles. The molecule has 1 fully saturated rings. The molecule has 0 bridgehead atoms. The van der Waals surface area contributed by atoms with Gasteiger partial charge in [-0.25, -0.2) is 9.50 Å². The molecule has 1 aliphatic heterocycles. The largest absolute Gasteiger partial charge is 0.388 e. The summed E-state index contributed by atoms with van der Waals surface area (Å²) in [6, 6.07) is 22.6. The fourth-order valence-electron chi connectivity index (χ4n) is 7.19. The number of piperidine rings is 1. The zero-order valence-electron chi connectivity index (χ0n) is 26.4. The molecule has 3 aromatic carbocycles. The Balaban J connectivity index is 1.20. The molecule has 1 saturated heterocycles. The van der Waals surface area contributed by atoms with Crippen molar-refractivity contribution >= 4 is 17.2 Å². The molecule has 2 aromatic heterocycles. The van der Waals surface area contributed by atoms with Gasteiger partial charge in [0, 0.05) is 55.8 Å². The maximum Gasteiger partial charge on any atom is 0.297 e. The molecule has 2 aliphatic rings. The highest BCUT2D eigenvalue weighted by Crippen LogP contribution is 2.39. The number of aliphatic hydroxyl groups is 1. The number of amides is 1. The maximum absolute atomic E-state index is 14.0. The predicted octanol–water partition coefficient (Wildman–Crippen LogP) is 5.30. The summed E-state index contributed by atoms with van der Waals surface area (Å²) in [4.78, 5) is 33.3. The number of para-hydroxylation sites is 1. The Kier molecular flexibility index (Phi) is 7.94. The lowest BCUT2D eigenvalue weighted by Crippen LogP contribution is -2.50. The van der Waals surface area contributed by atoms with Crippen LogP contribution in [0.25, 0.3) is 28.2 Å². The van der Waals surface area contributed by atoms with Crippen molar-refractivity contribution in [2.24, 2.45) is 0 Å². The number of imidazole rings is 1. The summed E-state index contributed by atoms with van der Waals surface area (Å²) < 4.78 is 3.13. The van der Waals surface area contributed by atoms with E-state index >= 15 is 0 Å². The van der Waals surface area contributed by atoms with Crippen molar-refractivity contribution in [3.05, 3.63) is 106 Å². The first-order valence-electron chi connectivity index (χ1n) is 16.3. The number of carbonyl (C=O) groups excluding carboxylic acids is 1. The van der Waals surface area contributed by atoms with Gasteiger partial charge in [0.2, 0.25) is 11.6 Å². The third-order valence-electron chi connectivity index (χ3n) is 9.82. The summed E-state index contributed by atoms with van der Waals surface area (Å²) in [5.41, 5.74) is 6.61. The molecular weight excluding hydrogens is 576 g/mol. The molecule has 1 amide bonds. The topological polar surface area (TPSA) is 105 Å². The molecular formula is C37H40N6O3. The Morgan fingerprint density at radius 1 is 1.02 bits per heavy atom. The lowest BCUT2D eigenvalue weighted by atomic mass is 9.90. The Morgan fingerprint density at radius 3 is 2.57 bits per heavy atom. The van der Waals surface area contributed by atoms with Crippen LogP contribution in [0.5, 0.6) is 0 Å². The van der Waals surface area contributed by atoms with Crippen molar-refractivity contribution in [3.8, 4) is 22.5 Å². The number of nitrogens with zero attached hydrogens (tertiary/aromatic N) is 5. The quantitative estimate of drug-likeness (QED) is 0.245. The van der Waals surface area contributed by atoms with Gasteiger partial charge in [-0.05, 0) is 78.5 Å². The molecule has 46 heavy (non-hydrogen) atoms. The zero-order valence-corrected chi connectivity index (χ0v) is 26.4. The van der Waals surface area contributed by atoms with Gasteiger partial charge in [-0.2, -0.15) is 0 Å². The van der Waals surface area contributed by atoms with Gasteiger partial charge in [0.15, 0.2) is 5.82 Å². The van der Waals surface area contributed by atoms with E-state index < -0.39 is 5.60 Å². The number of hydrogen-bond donors (Lipinski definition) is 2. The van der Waals surface area contributed by atoms with E-state index in [1.54, 1.807) is 17.0 Å². The number of nitrogens with one attached hydrogen (secondary N) is 1. The molecule has 3 heterocycles. The first kappa shape index (κ1) is 29.9. The minimum absolute atomic E-state index is 0.0689. The molecule has 1 atom stereocenters. The number of carbonyl (C=O) groups is 1. The van der Waals surface area contributed by atoms with Crippen LogP contribution in [0.2, 0.25) is 0 Å². The Bertz CT molecular complexity index is 1960. The lowest BCUT2D eigenvalue weighted by Gasteiger charge is -2.39. The fraction of sp³-hybridized carbons (Fsp3) is 0.351. The Hall–Kier alpha value is -4.76. The first-order chi connectivity index (χ1) is 22.3. The van der Waals surface area contributed by atoms with Gasteiger partial charge in [0.25, 0.3) is 5.56 Å². The second-order valence-corrected chi connectivity index (χ2v) is 12.8. The van der Waals surface area contributed by atoms with Crippen molar-refractivity contribution in [3.63, 3.8) is 0 Å². The van der Waals surface area contributed by atoms with Crippen molar-refractivity contribution in [1.82, 2.24) is 24.1 Å². The van der Waals surface area contributed by atoms with E-state index in [4.69, 9.17) is 5.10 Å². The minimum atomic E-state index is -1.18. The van der Waals surface area contributed by atoms with Crippen molar-refractivity contribution < 1.29 is 9.90 Å². The van der Waals surface area contributed by atoms with Gasteiger partial charge in [-0.3, -0.25) is 14.2 Å². The molecule has 5 aromatic rings. The molecule has 9 nitrogen and oxygen atoms in total. The maximum atomic E-state index is 14.0. The van der Waals surface area contributed by atoms with Crippen LogP contribution in [-0.2, 0) is 24.2 Å². The van der Waals surface area contributed by atoms with Crippen molar-refractivity contribution in [2.45, 2.75) is 63.5 Å². The summed E-state index contributed by atoms with van der Waals surface area (Å²) in [6.45, 7) is 3.01. The van der Waals surface area contributed by atoms with Gasteiger partial charge in [0.1, 0.15) is 0 Å². The van der Waals surface area contributed by atoms with Crippen molar-refractivity contribution in [2.75, 3.05) is 25.5 Å². The second-order valence-electron chi connectivity index (χ2n) is 12.8. The Labute approximate surface area is 268 Å². The molecule has 236 valence electrons. The van der Waals surface area contributed by atoms with Gasteiger partial charge < -0.3 is 15.3 Å². The van der Waals surface area contributed by atoms with Crippen LogP contribution < -0.4 is 10.9 Å². The van der Waals surface area contributed by atoms with Crippen LogP contribution in [0.4, 0.5) is 5.69 Å². The number of aryl methyl sites for hydroxylation is 1. The average Bonchev–Trinajstić information content (AvgIpc) is 3.76. The van der Waals surface area contributed by atoms with Gasteiger partial charge in [-0.15, -0.1) is 5.10 Å². The molecule has 0 saturated carbocycles. The molecule has 7 rings (SSSR count). The van der Waals surface area contributed by atoms with Crippen LogP contribution >= 0.6 is 0 Å². The van der Waals surface area contributed by atoms with E-state index in [1.165, 1.54) is 15.6 Å². The smallest absolute Gasteiger partial charge is 0.297 e. The standard InChI is InChI=1S/C37H40N6O3/c1-25(26-9-4-3-5-10-26)21-33(44)41-18-15-37(46,16-19-41)24-42-34(40-43-20-17-39-35(43)36(42)45)28-22-27-11-8-13-29(27)31(23-28)30-12-6-7-14-32(30)38-2/h3-7,9-10,12,14,17,20,22-23,25,38,46H,8,11,13,15-16,18-19,21,24H2,1-2H3/t25-/m1/s1. The number of anilines is 1. The molecule has 0 spiro atoms. The van der Waals surface area contributed by atoms with Crippen LogP contribution in [0.3, 0.4) is 0 Å². The number of aromatic nitrogens is 4. The Morgan fingerprint density at radius 2 is 1.78 bits per heavy atom. The minimum Gasteiger partial charge on any atom is -0.388 e. The first-order valence-corrected chi connectivity index (χ1v) is 16.3. The molecule has 9 heteroatoms. The van der Waals surface area contributed by atoms with Gasteiger partial charge >= 0.3 is 0 Å². The number of benzene rings is 3. The SMILES string of the molecule is CNc1ccccc1-c1cc(-c2nn3ccnc3c(=O)n2CC2(O)CCN(C(=O)C[C@@H](C)c3ccccc3)CC2)cc2c1CCC2. The average molecular weight is 617 g/mol. The zero-order chi connectivity index (χ0) is 31.8. The highest BCUT2D eigenvalue weighted by atomic mass is 16.3. The number of fused-ring (bicyclic) bond motifs is 2. The van der Waals surface area contributed by atoms with E-state index in [9.17, 15) is 14.7 Å². The predicted molar refractivity (Wildman–Crippen MR) is 180 cm³/mol. The van der Waals surface area contributed by atoms with Crippen molar-refractivity contribution in [1.29, 1.82) is 0 Å². The number of hydrogen-bond acceptors (Lipinski definition) is 6. The molecule has 0 unspecified atom stereocenters. The van der Waals surface area contributed by atoms with E-state index in [-0.39, 0.29) is 29.6 Å². The van der Waals surface area contributed by atoms with Crippen LogP contribution in [0.1, 0.15) is 55.2 Å². The number of likely N-dealkylation sites (tertiary alicyclic amines) is 1. The summed E-state index contributed by atoms with van der Waals surface area (Å²) in [5, 5.41) is 20.1. The third kappa shape index (κ3) is 5.60. The van der Waals surface area contributed by atoms with E-state index in [0.29, 0.717) is 38.2 Å². The fourth-order valence-corrected chi connectivity index (χ4v) is 7.19. The van der Waals surface area contributed by atoms with Gasteiger partial charge in [-0.1, -0.05) is 55.5 Å². The van der Waals surface area contributed by atoms with Crippen LogP contribution in [0.15, 0.2) is 83.9 Å². The molecule has 2 N–H and O–H groups in total. The summed E-state index contributed by atoms with van der Waals surface area (Å²) in [7, 11) is 1.93. The summed E-state index contributed by atoms with van der Waals surface area (Å²) in [5.74, 6) is 0.696. The van der Waals surface area contributed by atoms with Crippen LogP contribution in [-0.4, -0.2) is 60.8 Å². The van der Waals surface area contributed by atoms with E-state index in [0.717, 1.165) is 47.2 Å².